The Labute approximate surface area is 103 Å². The summed E-state index contributed by atoms with van der Waals surface area (Å²) in [6.07, 6.45) is 3.74. The molecule has 1 aromatic carbocycles. The molecular formula is C12H14BrN3. The Kier molecular flexibility index (Phi) is 3.74. The lowest BCUT2D eigenvalue weighted by Crippen LogP contribution is -2.17. The van der Waals surface area contributed by atoms with E-state index >= 15 is 0 Å². The van der Waals surface area contributed by atoms with Gasteiger partial charge in [0.25, 0.3) is 0 Å². The average molecular weight is 280 g/mol. The van der Waals surface area contributed by atoms with Crippen molar-refractivity contribution in [2.45, 2.75) is 19.5 Å². The molecule has 3 nitrogen and oxygen atoms in total. The third kappa shape index (κ3) is 2.93. The van der Waals surface area contributed by atoms with Crippen LogP contribution in [-0.4, -0.2) is 10.2 Å². The summed E-state index contributed by atoms with van der Waals surface area (Å²) < 4.78 is 1.11. The van der Waals surface area contributed by atoms with Crippen molar-refractivity contribution in [3.63, 3.8) is 0 Å². The first-order chi connectivity index (χ1) is 7.75. The van der Waals surface area contributed by atoms with E-state index in [2.05, 4.69) is 62.6 Å². The molecule has 2 N–H and O–H groups in total. The Morgan fingerprint density at radius 2 is 2.12 bits per heavy atom. The van der Waals surface area contributed by atoms with Crippen molar-refractivity contribution in [3.8, 4) is 0 Å². The fourth-order valence-electron chi connectivity index (χ4n) is 1.51. The van der Waals surface area contributed by atoms with Crippen LogP contribution in [0.5, 0.6) is 0 Å². The molecule has 2 aromatic rings. The van der Waals surface area contributed by atoms with E-state index in [9.17, 15) is 0 Å². The van der Waals surface area contributed by atoms with Crippen molar-refractivity contribution in [2.24, 2.45) is 0 Å². The van der Waals surface area contributed by atoms with Crippen LogP contribution in [0.4, 0.5) is 0 Å². The number of aromatic amines is 1. The van der Waals surface area contributed by atoms with E-state index in [-0.39, 0.29) is 0 Å². The molecule has 0 aliphatic carbocycles. The van der Waals surface area contributed by atoms with Crippen molar-refractivity contribution in [2.75, 3.05) is 0 Å². The van der Waals surface area contributed by atoms with E-state index in [1.165, 1.54) is 11.1 Å². The van der Waals surface area contributed by atoms with Gasteiger partial charge in [0, 0.05) is 28.8 Å². The van der Waals surface area contributed by atoms with Crippen LogP contribution in [0.1, 0.15) is 24.1 Å². The summed E-state index contributed by atoms with van der Waals surface area (Å²) in [6, 6.07) is 8.70. The summed E-state index contributed by atoms with van der Waals surface area (Å²) in [7, 11) is 0. The van der Waals surface area contributed by atoms with Gasteiger partial charge in [-0.1, -0.05) is 28.1 Å². The second-order valence-electron chi connectivity index (χ2n) is 3.76. The Hall–Kier alpha value is -1.13. The summed E-state index contributed by atoms with van der Waals surface area (Å²) in [4.78, 5) is 0. The molecule has 0 saturated carbocycles. The van der Waals surface area contributed by atoms with Gasteiger partial charge < -0.3 is 5.32 Å². The minimum absolute atomic E-state index is 0.336. The molecule has 0 aliphatic rings. The number of nitrogens with one attached hydrogen (secondary N) is 2. The molecule has 1 aromatic heterocycles. The van der Waals surface area contributed by atoms with Gasteiger partial charge in [-0.2, -0.15) is 5.10 Å². The number of halogens is 1. The second-order valence-corrected chi connectivity index (χ2v) is 4.68. The second kappa shape index (κ2) is 5.27. The minimum Gasteiger partial charge on any atom is -0.306 e. The number of hydrogen-bond acceptors (Lipinski definition) is 2. The lowest BCUT2D eigenvalue weighted by atomic mass is 10.1. The van der Waals surface area contributed by atoms with Crippen molar-refractivity contribution in [3.05, 3.63) is 52.3 Å². The van der Waals surface area contributed by atoms with E-state index in [1.807, 2.05) is 12.4 Å². The van der Waals surface area contributed by atoms with Crippen molar-refractivity contribution in [1.82, 2.24) is 15.5 Å². The topological polar surface area (TPSA) is 40.7 Å². The van der Waals surface area contributed by atoms with E-state index in [4.69, 9.17) is 0 Å². The molecule has 4 heteroatoms. The first kappa shape index (κ1) is 11.4. The van der Waals surface area contributed by atoms with Gasteiger partial charge in [0.15, 0.2) is 0 Å². The van der Waals surface area contributed by atoms with Crippen LogP contribution in [0.25, 0.3) is 0 Å². The fraction of sp³-hybridized carbons (Fsp3) is 0.250. The standard InChI is InChI=1S/C12H14BrN3/c1-9(11-2-4-12(13)5-3-11)14-6-10-7-15-16-8-10/h2-5,7-9,14H,6H2,1H3,(H,15,16). The third-order valence-electron chi connectivity index (χ3n) is 2.54. The Balaban J connectivity index is 1.93. The average Bonchev–Trinajstić information content (AvgIpc) is 2.80. The van der Waals surface area contributed by atoms with Gasteiger partial charge in [-0.25, -0.2) is 0 Å². The van der Waals surface area contributed by atoms with Gasteiger partial charge in [0.1, 0.15) is 0 Å². The first-order valence-electron chi connectivity index (χ1n) is 5.22. The monoisotopic (exact) mass is 279 g/mol. The van der Waals surface area contributed by atoms with Crippen molar-refractivity contribution in [1.29, 1.82) is 0 Å². The van der Waals surface area contributed by atoms with Crippen LogP contribution in [0.3, 0.4) is 0 Å². The van der Waals surface area contributed by atoms with Gasteiger partial charge in [-0.05, 0) is 24.6 Å². The van der Waals surface area contributed by atoms with Gasteiger partial charge in [-0.3, -0.25) is 5.10 Å². The number of rotatable bonds is 4. The van der Waals surface area contributed by atoms with Gasteiger partial charge >= 0.3 is 0 Å². The molecule has 84 valence electrons. The molecule has 1 unspecified atom stereocenters. The summed E-state index contributed by atoms with van der Waals surface area (Å²) in [6.45, 7) is 2.98. The van der Waals surface area contributed by atoms with Gasteiger partial charge in [0.2, 0.25) is 0 Å². The Bertz CT molecular complexity index is 422. The molecule has 0 saturated heterocycles. The number of H-pyrrole nitrogens is 1. The van der Waals surface area contributed by atoms with Crippen LogP contribution in [0.2, 0.25) is 0 Å². The van der Waals surface area contributed by atoms with Crippen LogP contribution < -0.4 is 5.32 Å². The highest BCUT2D eigenvalue weighted by Crippen LogP contribution is 2.16. The van der Waals surface area contributed by atoms with Crippen molar-refractivity contribution >= 4 is 15.9 Å². The fourth-order valence-corrected chi connectivity index (χ4v) is 1.78. The highest BCUT2D eigenvalue weighted by Gasteiger charge is 2.04. The third-order valence-corrected chi connectivity index (χ3v) is 3.07. The van der Waals surface area contributed by atoms with Crippen LogP contribution in [0.15, 0.2) is 41.1 Å². The molecule has 0 aliphatic heterocycles. The SMILES string of the molecule is CC(NCc1cn[nH]c1)c1ccc(Br)cc1. The molecule has 1 atom stereocenters. The lowest BCUT2D eigenvalue weighted by Gasteiger charge is -2.13. The molecule has 1 heterocycles. The highest BCUT2D eigenvalue weighted by atomic mass is 79.9. The number of benzene rings is 1. The Morgan fingerprint density at radius 1 is 1.38 bits per heavy atom. The van der Waals surface area contributed by atoms with E-state index in [1.54, 1.807) is 0 Å². The summed E-state index contributed by atoms with van der Waals surface area (Å²) >= 11 is 3.43. The van der Waals surface area contributed by atoms with E-state index < -0.39 is 0 Å². The molecule has 0 bridgehead atoms. The molecule has 0 radical (unpaired) electrons. The molecule has 0 amide bonds. The lowest BCUT2D eigenvalue weighted by molar-refractivity contribution is 0.575. The molecule has 2 rings (SSSR count). The highest BCUT2D eigenvalue weighted by molar-refractivity contribution is 9.10. The summed E-state index contributed by atoms with van der Waals surface area (Å²) in [5.41, 5.74) is 2.45. The van der Waals surface area contributed by atoms with Gasteiger partial charge in [-0.15, -0.1) is 0 Å². The van der Waals surface area contributed by atoms with Gasteiger partial charge in [0.05, 0.1) is 6.20 Å². The maximum Gasteiger partial charge on any atom is 0.0532 e. The maximum absolute atomic E-state index is 3.91. The van der Waals surface area contributed by atoms with Crippen LogP contribution in [0, 0.1) is 0 Å². The number of hydrogen-bond donors (Lipinski definition) is 2. The zero-order valence-electron chi connectivity index (χ0n) is 9.07. The van der Waals surface area contributed by atoms with E-state index in [0.29, 0.717) is 6.04 Å². The van der Waals surface area contributed by atoms with Crippen LogP contribution in [-0.2, 0) is 6.54 Å². The van der Waals surface area contributed by atoms with E-state index in [0.717, 1.165) is 11.0 Å². The maximum atomic E-state index is 3.91. The number of nitrogens with zero attached hydrogens (tertiary/aromatic N) is 1. The number of aromatic nitrogens is 2. The summed E-state index contributed by atoms with van der Waals surface area (Å²) in [5, 5.41) is 10.2. The molecular weight excluding hydrogens is 266 g/mol. The zero-order valence-corrected chi connectivity index (χ0v) is 10.7. The molecule has 0 spiro atoms. The van der Waals surface area contributed by atoms with Crippen LogP contribution >= 0.6 is 15.9 Å². The smallest absolute Gasteiger partial charge is 0.0532 e. The summed E-state index contributed by atoms with van der Waals surface area (Å²) in [5.74, 6) is 0. The largest absolute Gasteiger partial charge is 0.306 e. The minimum atomic E-state index is 0.336. The predicted octanol–water partition coefficient (Wildman–Crippen LogP) is 3.02. The first-order valence-corrected chi connectivity index (χ1v) is 6.01. The Morgan fingerprint density at radius 3 is 2.75 bits per heavy atom. The molecule has 0 fully saturated rings. The predicted molar refractivity (Wildman–Crippen MR) is 68.0 cm³/mol. The molecule has 16 heavy (non-hydrogen) atoms. The van der Waals surface area contributed by atoms with Crippen molar-refractivity contribution < 1.29 is 0 Å². The zero-order chi connectivity index (χ0) is 11.4. The normalized spacial score (nSPS) is 12.6. The quantitative estimate of drug-likeness (QED) is 0.903.